The quantitative estimate of drug-likeness (QED) is 0.919. The molecule has 0 saturated heterocycles. The lowest BCUT2D eigenvalue weighted by Gasteiger charge is -2.15. The van der Waals surface area contributed by atoms with Crippen LogP contribution in [0.4, 0.5) is 0 Å². The van der Waals surface area contributed by atoms with E-state index in [1.165, 1.54) is 21.0 Å². The molecule has 2 aromatic rings. The van der Waals surface area contributed by atoms with Crippen LogP contribution in [-0.2, 0) is 13.5 Å². The molecule has 1 unspecified atom stereocenters. The first-order valence-electron chi connectivity index (χ1n) is 6.36. The van der Waals surface area contributed by atoms with Gasteiger partial charge < -0.3 is 5.32 Å². The van der Waals surface area contributed by atoms with Crippen LogP contribution in [0.3, 0.4) is 0 Å². The maximum absolute atomic E-state index is 4.46. The average Bonchev–Trinajstić information content (AvgIpc) is 2.80. The Hall–Kier alpha value is -0.650. The summed E-state index contributed by atoms with van der Waals surface area (Å²) in [6.45, 7) is 6.38. The van der Waals surface area contributed by atoms with Crippen molar-refractivity contribution in [1.29, 1.82) is 0 Å². The van der Waals surface area contributed by atoms with Crippen LogP contribution in [0.15, 0.2) is 10.5 Å². The third-order valence-corrected chi connectivity index (χ3v) is 5.83. The number of halogens is 1. The standard InChI is InChI=1S/C14H20BrN3S/c1-8-6-13(19-10(8)3)11(16-4)7-12-14(15)9(2)17-18(12)5/h6,11,16H,7H2,1-5H3. The normalized spacial score (nSPS) is 12.9. The molecular formula is C14H20BrN3S. The van der Waals surface area contributed by atoms with Gasteiger partial charge in [0.15, 0.2) is 0 Å². The van der Waals surface area contributed by atoms with Crippen molar-refractivity contribution < 1.29 is 0 Å². The van der Waals surface area contributed by atoms with Gasteiger partial charge in [-0.2, -0.15) is 5.10 Å². The van der Waals surface area contributed by atoms with E-state index in [-0.39, 0.29) is 0 Å². The number of nitrogens with zero attached hydrogens (tertiary/aromatic N) is 2. The number of nitrogens with one attached hydrogen (secondary N) is 1. The molecule has 104 valence electrons. The van der Waals surface area contributed by atoms with Crippen LogP contribution < -0.4 is 5.32 Å². The van der Waals surface area contributed by atoms with Crippen LogP contribution in [0.2, 0.25) is 0 Å². The minimum atomic E-state index is 0.337. The van der Waals surface area contributed by atoms with Crippen LogP contribution in [0.5, 0.6) is 0 Å². The van der Waals surface area contributed by atoms with Crippen LogP contribution in [0.25, 0.3) is 0 Å². The van der Waals surface area contributed by atoms with Crippen molar-refractivity contribution >= 4 is 27.3 Å². The zero-order valence-corrected chi connectivity index (χ0v) is 14.4. The predicted molar refractivity (Wildman–Crippen MR) is 84.9 cm³/mol. The Kier molecular flexibility index (Phi) is 4.48. The van der Waals surface area contributed by atoms with Crippen molar-refractivity contribution in [2.75, 3.05) is 7.05 Å². The summed E-state index contributed by atoms with van der Waals surface area (Å²) < 4.78 is 3.09. The SMILES string of the molecule is CNC(Cc1c(Br)c(C)nn1C)c1cc(C)c(C)s1. The summed E-state index contributed by atoms with van der Waals surface area (Å²) in [5, 5.41) is 7.88. The Bertz CT molecular complexity index is 566. The Morgan fingerprint density at radius 2 is 2.11 bits per heavy atom. The van der Waals surface area contributed by atoms with E-state index in [0.717, 1.165) is 16.6 Å². The summed E-state index contributed by atoms with van der Waals surface area (Å²) in [5.41, 5.74) is 3.66. The molecule has 5 heteroatoms. The number of aryl methyl sites for hydroxylation is 4. The summed E-state index contributed by atoms with van der Waals surface area (Å²) in [7, 11) is 4.02. The highest BCUT2D eigenvalue weighted by atomic mass is 79.9. The van der Waals surface area contributed by atoms with Gasteiger partial charge in [0.2, 0.25) is 0 Å². The fraction of sp³-hybridized carbons (Fsp3) is 0.500. The topological polar surface area (TPSA) is 29.9 Å². The summed E-state index contributed by atoms with van der Waals surface area (Å²) in [6, 6.07) is 2.63. The van der Waals surface area contributed by atoms with Crippen molar-refractivity contribution in [2.45, 2.75) is 33.2 Å². The molecule has 2 heterocycles. The molecule has 1 atom stereocenters. The Morgan fingerprint density at radius 1 is 1.42 bits per heavy atom. The van der Waals surface area contributed by atoms with E-state index in [1.54, 1.807) is 0 Å². The van der Waals surface area contributed by atoms with Gasteiger partial charge in [0.05, 0.1) is 15.9 Å². The van der Waals surface area contributed by atoms with Gasteiger partial charge >= 0.3 is 0 Å². The molecule has 0 aromatic carbocycles. The largest absolute Gasteiger partial charge is 0.312 e. The summed E-state index contributed by atoms with van der Waals surface area (Å²) in [6.07, 6.45) is 0.938. The minimum Gasteiger partial charge on any atom is -0.312 e. The summed E-state index contributed by atoms with van der Waals surface area (Å²) in [5.74, 6) is 0. The number of rotatable bonds is 4. The molecule has 0 radical (unpaired) electrons. The molecule has 0 saturated carbocycles. The summed E-state index contributed by atoms with van der Waals surface area (Å²) >= 11 is 5.52. The molecule has 0 bridgehead atoms. The minimum absolute atomic E-state index is 0.337. The van der Waals surface area contributed by atoms with E-state index in [0.29, 0.717) is 6.04 Å². The lowest BCUT2D eigenvalue weighted by atomic mass is 10.1. The second-order valence-corrected chi connectivity index (χ2v) is 6.98. The highest BCUT2D eigenvalue weighted by Gasteiger charge is 2.18. The lowest BCUT2D eigenvalue weighted by Crippen LogP contribution is -2.19. The number of thiophene rings is 1. The highest BCUT2D eigenvalue weighted by Crippen LogP contribution is 2.31. The monoisotopic (exact) mass is 341 g/mol. The Labute approximate surface area is 127 Å². The van der Waals surface area contributed by atoms with Crippen molar-refractivity contribution in [3.63, 3.8) is 0 Å². The lowest BCUT2D eigenvalue weighted by molar-refractivity contribution is 0.568. The summed E-state index contributed by atoms with van der Waals surface area (Å²) in [4.78, 5) is 2.79. The number of hydrogen-bond donors (Lipinski definition) is 1. The Balaban J connectivity index is 2.29. The van der Waals surface area contributed by atoms with E-state index in [1.807, 2.05) is 37.0 Å². The van der Waals surface area contributed by atoms with Gasteiger partial charge in [-0.05, 0) is 55.4 Å². The third kappa shape index (κ3) is 2.93. The van der Waals surface area contributed by atoms with Gasteiger partial charge in [-0.1, -0.05) is 0 Å². The zero-order valence-electron chi connectivity index (χ0n) is 12.0. The van der Waals surface area contributed by atoms with Gasteiger partial charge in [-0.25, -0.2) is 0 Å². The second kappa shape index (κ2) is 5.77. The molecule has 0 amide bonds. The molecular weight excluding hydrogens is 322 g/mol. The first kappa shape index (κ1) is 14.8. The molecule has 2 aromatic heterocycles. The number of aromatic nitrogens is 2. The third-order valence-electron chi connectivity index (χ3n) is 3.54. The van der Waals surface area contributed by atoms with E-state index in [4.69, 9.17) is 0 Å². The molecule has 3 nitrogen and oxygen atoms in total. The van der Waals surface area contributed by atoms with E-state index >= 15 is 0 Å². The first-order valence-corrected chi connectivity index (χ1v) is 7.97. The van der Waals surface area contributed by atoms with E-state index in [9.17, 15) is 0 Å². The van der Waals surface area contributed by atoms with E-state index < -0.39 is 0 Å². The van der Waals surface area contributed by atoms with Crippen molar-refractivity contribution in [3.05, 3.63) is 37.2 Å². The van der Waals surface area contributed by atoms with E-state index in [2.05, 4.69) is 46.3 Å². The maximum Gasteiger partial charge on any atom is 0.0738 e. The zero-order chi connectivity index (χ0) is 14.2. The molecule has 0 aliphatic rings. The van der Waals surface area contributed by atoms with Gasteiger partial charge in [-0.3, -0.25) is 4.68 Å². The van der Waals surface area contributed by atoms with Gasteiger partial charge in [0.25, 0.3) is 0 Å². The smallest absolute Gasteiger partial charge is 0.0738 e. The fourth-order valence-electron chi connectivity index (χ4n) is 2.21. The maximum atomic E-state index is 4.46. The molecule has 0 fully saturated rings. The molecule has 2 rings (SSSR count). The number of hydrogen-bond acceptors (Lipinski definition) is 3. The average molecular weight is 342 g/mol. The van der Waals surface area contributed by atoms with Crippen molar-refractivity contribution in [2.24, 2.45) is 7.05 Å². The predicted octanol–water partition coefficient (Wildman–Crippen LogP) is 3.67. The second-order valence-electron chi connectivity index (χ2n) is 4.90. The Morgan fingerprint density at radius 3 is 2.53 bits per heavy atom. The fourth-order valence-corrected chi connectivity index (χ4v) is 3.86. The highest BCUT2D eigenvalue weighted by molar-refractivity contribution is 9.10. The van der Waals surface area contributed by atoms with Gasteiger partial charge in [0.1, 0.15) is 0 Å². The molecule has 19 heavy (non-hydrogen) atoms. The van der Waals surface area contributed by atoms with Crippen LogP contribution in [0.1, 0.15) is 32.7 Å². The first-order chi connectivity index (χ1) is 8.93. The van der Waals surface area contributed by atoms with Crippen molar-refractivity contribution in [3.8, 4) is 0 Å². The molecule has 1 N–H and O–H groups in total. The van der Waals surface area contributed by atoms with Crippen LogP contribution in [0, 0.1) is 20.8 Å². The molecule has 0 aliphatic heterocycles. The van der Waals surface area contributed by atoms with Gasteiger partial charge in [-0.15, -0.1) is 11.3 Å². The van der Waals surface area contributed by atoms with Gasteiger partial charge in [0, 0.05) is 29.3 Å². The number of likely N-dealkylation sites (N-methyl/N-ethyl adjacent to an activating group) is 1. The molecule has 0 aliphatic carbocycles. The van der Waals surface area contributed by atoms with Crippen molar-refractivity contribution in [1.82, 2.24) is 15.1 Å². The molecule has 0 spiro atoms. The van der Waals surface area contributed by atoms with Crippen LogP contribution >= 0.6 is 27.3 Å². The van der Waals surface area contributed by atoms with Crippen LogP contribution in [-0.4, -0.2) is 16.8 Å².